The van der Waals surface area contributed by atoms with Gasteiger partial charge in [0.1, 0.15) is 0 Å². The molecule has 1 aliphatic rings. The number of likely N-dealkylation sites (N-methyl/N-ethyl adjacent to an activating group) is 1. The normalized spacial score (nSPS) is 13.1. The third kappa shape index (κ3) is 8.12. The zero-order valence-corrected chi connectivity index (χ0v) is 27.7. The fourth-order valence-electron chi connectivity index (χ4n) is 5.23. The highest BCUT2D eigenvalue weighted by Gasteiger charge is 2.34. The Labute approximate surface area is 277 Å². The summed E-state index contributed by atoms with van der Waals surface area (Å²) in [5, 5.41) is 17.9. The highest BCUT2D eigenvalue weighted by molar-refractivity contribution is 7.89. The lowest BCUT2D eigenvalue weighted by atomic mass is 10.1. The second-order valence-corrected chi connectivity index (χ2v) is 13.4. The van der Waals surface area contributed by atoms with Crippen LogP contribution in [0, 0.1) is 10.1 Å². The Kier molecular flexibility index (Phi) is 11.3. The highest BCUT2D eigenvalue weighted by Crippen LogP contribution is 2.30. The Morgan fingerprint density at radius 2 is 1.57 bits per heavy atom. The molecule has 0 bridgehead atoms. The van der Waals surface area contributed by atoms with Crippen LogP contribution in [0.15, 0.2) is 71.6 Å². The number of fused-ring (bicyclic) bond motifs is 1. The molecule has 14 nitrogen and oxygen atoms in total. The van der Waals surface area contributed by atoms with Crippen LogP contribution in [-0.2, 0) is 32.7 Å². The number of hydrogen-bond donors (Lipinski definition) is 2. The van der Waals surface area contributed by atoms with Crippen molar-refractivity contribution in [1.29, 1.82) is 0 Å². The summed E-state index contributed by atoms with van der Waals surface area (Å²) >= 11 is 6.46. The number of nitrogens with two attached hydrogens (primary N) is 1. The van der Waals surface area contributed by atoms with E-state index in [9.17, 15) is 32.9 Å². The number of carbonyl (C=O) groups is 3. The monoisotopic (exact) mass is 685 g/mol. The summed E-state index contributed by atoms with van der Waals surface area (Å²) in [7, 11) is -2.75. The van der Waals surface area contributed by atoms with E-state index in [1.807, 2.05) is 29.3 Å². The molecule has 0 saturated carbocycles. The molecule has 4 rings (SSSR count). The average Bonchev–Trinajstić information content (AvgIpc) is 3.47. The molecular weight excluding hydrogens is 650 g/mol. The smallest absolute Gasteiger partial charge is 0.289 e. The zero-order chi connectivity index (χ0) is 34.5. The number of hydrazine groups is 1. The van der Waals surface area contributed by atoms with Crippen molar-refractivity contribution in [2.45, 2.75) is 37.9 Å². The van der Waals surface area contributed by atoms with Crippen LogP contribution < -0.4 is 16.0 Å². The van der Waals surface area contributed by atoms with Crippen molar-refractivity contribution in [3.63, 3.8) is 0 Å². The van der Waals surface area contributed by atoms with Crippen molar-refractivity contribution >= 4 is 50.7 Å². The van der Waals surface area contributed by atoms with E-state index >= 15 is 0 Å². The van der Waals surface area contributed by atoms with Gasteiger partial charge in [0, 0.05) is 50.9 Å². The van der Waals surface area contributed by atoms with Gasteiger partial charge in [-0.25, -0.2) is 13.4 Å². The number of hydrogen-bond acceptors (Lipinski definition) is 9. The van der Waals surface area contributed by atoms with Gasteiger partial charge in [-0.1, -0.05) is 48.0 Å². The Morgan fingerprint density at radius 1 is 0.979 bits per heavy atom. The Morgan fingerprint density at radius 3 is 2.17 bits per heavy atom. The second kappa shape index (κ2) is 15.0. The van der Waals surface area contributed by atoms with Crippen molar-refractivity contribution in [1.82, 2.24) is 19.6 Å². The van der Waals surface area contributed by atoms with Crippen LogP contribution in [0.25, 0.3) is 0 Å². The Balaban J connectivity index is 1.52. The second-order valence-electron chi connectivity index (χ2n) is 11.1. The molecule has 250 valence electrons. The fraction of sp³-hybridized carbons (Fsp3) is 0.323. The van der Waals surface area contributed by atoms with Gasteiger partial charge in [0.25, 0.3) is 11.6 Å². The molecule has 0 fully saturated rings. The lowest BCUT2D eigenvalue weighted by Gasteiger charge is -2.30. The highest BCUT2D eigenvalue weighted by atomic mass is 35.5. The summed E-state index contributed by atoms with van der Waals surface area (Å²) in [5.41, 5.74) is 7.29. The largest absolute Gasteiger partial charge is 0.366 e. The molecule has 3 aromatic rings. The third-order valence-corrected chi connectivity index (χ3v) is 10.2. The first-order valence-corrected chi connectivity index (χ1v) is 16.5. The van der Waals surface area contributed by atoms with Crippen LogP contribution in [0.3, 0.4) is 0 Å². The predicted octanol–water partition coefficient (Wildman–Crippen LogP) is 2.76. The molecule has 0 atom stereocenters. The van der Waals surface area contributed by atoms with Crippen molar-refractivity contribution in [2.75, 3.05) is 38.1 Å². The molecule has 1 heterocycles. The minimum Gasteiger partial charge on any atom is -0.366 e. The van der Waals surface area contributed by atoms with Crippen molar-refractivity contribution < 1.29 is 27.7 Å². The van der Waals surface area contributed by atoms with E-state index < -0.39 is 43.4 Å². The maximum absolute atomic E-state index is 13.7. The number of anilines is 1. The molecule has 3 aromatic carbocycles. The molecule has 3 amide bonds. The van der Waals surface area contributed by atoms with Crippen LogP contribution in [0.5, 0.6) is 0 Å². The van der Waals surface area contributed by atoms with Crippen LogP contribution in [0.2, 0.25) is 5.02 Å². The van der Waals surface area contributed by atoms with E-state index in [2.05, 4.69) is 5.32 Å². The summed E-state index contributed by atoms with van der Waals surface area (Å²) in [6.07, 6.45) is 0. The molecule has 0 unspecified atom stereocenters. The number of carbonyl (C=O) groups excluding carboxylic acids is 3. The first-order chi connectivity index (χ1) is 22.2. The topological polar surface area (TPSA) is 179 Å². The molecule has 0 aromatic heterocycles. The Bertz CT molecular complexity index is 1760. The van der Waals surface area contributed by atoms with E-state index in [0.29, 0.717) is 13.1 Å². The van der Waals surface area contributed by atoms with E-state index in [0.717, 1.165) is 27.6 Å². The number of nitrogens with zero attached hydrogens (tertiary/aromatic N) is 5. The molecule has 0 spiro atoms. The number of benzene rings is 3. The number of halogens is 1. The number of nitro benzene ring substituents is 1. The Hall–Kier alpha value is -4.41. The van der Waals surface area contributed by atoms with Gasteiger partial charge in [-0.15, -0.1) is 0 Å². The standard InChI is InChI=1S/C31H36ClN7O7S/c1-21(2)38(47(45,46)28-11-7-6-10-26(28)39(43)44)15-14-37(27-16-22(31(33)42)12-13-25(27)32)30(41)18-34-17-29(40)35(3)36-19-23-8-4-5-9-24(23)20-36/h4-13,16,21,34H,14-15,17-20H2,1-3H3,(H2,33,42). The summed E-state index contributed by atoms with van der Waals surface area (Å²) < 4.78 is 28.4. The number of nitro groups is 1. The van der Waals surface area contributed by atoms with Crippen LogP contribution in [-0.4, -0.2) is 84.7 Å². The SMILES string of the molecule is CC(C)N(CCN(C(=O)CNCC(=O)N(C)N1Cc2ccccc2C1)c1cc(C(N)=O)ccc1Cl)S(=O)(=O)c1ccccc1[N+](=O)[O-]. The van der Waals surface area contributed by atoms with Crippen LogP contribution in [0.4, 0.5) is 11.4 Å². The lowest BCUT2D eigenvalue weighted by Crippen LogP contribution is -2.48. The molecular formula is C31H36ClN7O7S. The molecule has 0 aliphatic carbocycles. The van der Waals surface area contributed by atoms with E-state index in [1.54, 1.807) is 20.9 Å². The minimum atomic E-state index is -4.40. The predicted molar refractivity (Wildman–Crippen MR) is 176 cm³/mol. The van der Waals surface area contributed by atoms with Gasteiger partial charge in [-0.2, -0.15) is 4.31 Å². The van der Waals surface area contributed by atoms with Gasteiger partial charge in [0.15, 0.2) is 4.90 Å². The van der Waals surface area contributed by atoms with Crippen molar-refractivity contribution in [3.05, 3.63) is 98.6 Å². The first-order valence-electron chi connectivity index (χ1n) is 14.7. The van der Waals surface area contributed by atoms with Gasteiger partial charge in [-0.05, 0) is 49.2 Å². The van der Waals surface area contributed by atoms with Gasteiger partial charge in [-0.3, -0.25) is 34.8 Å². The number of nitrogens with one attached hydrogen (secondary N) is 1. The van der Waals surface area contributed by atoms with E-state index in [1.165, 1.54) is 40.2 Å². The molecule has 1 aliphatic heterocycles. The maximum atomic E-state index is 13.7. The maximum Gasteiger partial charge on any atom is 0.289 e. The molecule has 3 N–H and O–H groups in total. The van der Waals surface area contributed by atoms with Gasteiger partial charge >= 0.3 is 0 Å². The zero-order valence-electron chi connectivity index (χ0n) is 26.1. The fourth-order valence-corrected chi connectivity index (χ4v) is 7.24. The number of sulfonamides is 1. The van der Waals surface area contributed by atoms with Crippen molar-refractivity contribution in [3.8, 4) is 0 Å². The van der Waals surface area contributed by atoms with E-state index in [4.69, 9.17) is 17.3 Å². The molecule has 0 radical (unpaired) electrons. The first kappa shape index (κ1) is 35.4. The molecule has 0 saturated heterocycles. The summed E-state index contributed by atoms with van der Waals surface area (Å²) in [6, 6.07) is 16.3. The number of amides is 3. The number of para-hydroxylation sites is 1. The molecule has 16 heteroatoms. The summed E-state index contributed by atoms with van der Waals surface area (Å²) in [4.78, 5) is 50.2. The minimum absolute atomic E-state index is 0.0619. The molecule has 47 heavy (non-hydrogen) atoms. The van der Waals surface area contributed by atoms with Crippen molar-refractivity contribution in [2.24, 2.45) is 5.73 Å². The quantitative estimate of drug-likeness (QED) is 0.191. The third-order valence-electron chi connectivity index (χ3n) is 7.75. The van der Waals surface area contributed by atoms with Gasteiger partial charge in [0.2, 0.25) is 21.8 Å². The summed E-state index contributed by atoms with van der Waals surface area (Å²) in [6.45, 7) is 3.29. The number of rotatable bonds is 14. The van der Waals surface area contributed by atoms with Gasteiger partial charge in [0.05, 0.1) is 28.7 Å². The summed E-state index contributed by atoms with van der Waals surface area (Å²) in [5.74, 6) is -1.63. The lowest BCUT2D eigenvalue weighted by molar-refractivity contribution is -0.387. The van der Waals surface area contributed by atoms with Crippen LogP contribution in [0.1, 0.15) is 35.3 Å². The van der Waals surface area contributed by atoms with E-state index in [-0.39, 0.29) is 48.4 Å². The van der Waals surface area contributed by atoms with Crippen LogP contribution >= 0.6 is 11.6 Å². The average molecular weight is 686 g/mol. The number of primary amides is 1. The van der Waals surface area contributed by atoms with Gasteiger partial charge < -0.3 is 10.6 Å².